The van der Waals surface area contributed by atoms with Crippen molar-refractivity contribution >= 4 is 0 Å². The summed E-state index contributed by atoms with van der Waals surface area (Å²) in [6.07, 6.45) is 2.24. The molecule has 0 radical (unpaired) electrons. The second kappa shape index (κ2) is 5.66. The number of aryl methyl sites for hydroxylation is 1. The fourth-order valence-corrected chi connectivity index (χ4v) is 1.01. The van der Waals surface area contributed by atoms with E-state index in [4.69, 9.17) is 9.63 Å². The molecule has 1 aromatic rings. The smallest absolute Gasteiger partial charge is 0.226 e. The van der Waals surface area contributed by atoms with E-state index in [1.165, 1.54) is 0 Å². The van der Waals surface area contributed by atoms with Gasteiger partial charge >= 0.3 is 0 Å². The summed E-state index contributed by atoms with van der Waals surface area (Å²) in [6, 6.07) is 0. The lowest BCUT2D eigenvalue weighted by Crippen LogP contribution is -2.08. The fourth-order valence-electron chi connectivity index (χ4n) is 1.01. The molecule has 0 saturated heterocycles. The van der Waals surface area contributed by atoms with Crippen molar-refractivity contribution in [2.45, 2.75) is 19.3 Å². The van der Waals surface area contributed by atoms with Crippen LogP contribution in [-0.4, -0.2) is 35.4 Å². The Bertz CT molecular complexity index is 237. The van der Waals surface area contributed by atoms with Crippen molar-refractivity contribution in [1.82, 2.24) is 15.5 Å². The molecule has 13 heavy (non-hydrogen) atoms. The predicted molar refractivity (Wildman–Crippen MR) is 47.3 cm³/mol. The van der Waals surface area contributed by atoms with Gasteiger partial charge in [0.2, 0.25) is 5.89 Å². The SMILES string of the molecule is CNCCCc1nc(CCO)no1. The van der Waals surface area contributed by atoms with Crippen LogP contribution in [-0.2, 0) is 12.8 Å². The first kappa shape index (κ1) is 10.1. The first-order valence-electron chi connectivity index (χ1n) is 4.43. The predicted octanol–water partition coefficient (Wildman–Crippen LogP) is -0.244. The highest BCUT2D eigenvalue weighted by Crippen LogP contribution is 2.00. The van der Waals surface area contributed by atoms with Crippen molar-refractivity contribution in [3.63, 3.8) is 0 Å². The third-order valence-electron chi connectivity index (χ3n) is 1.66. The lowest BCUT2D eigenvalue weighted by Gasteiger charge is -1.93. The van der Waals surface area contributed by atoms with Crippen LogP contribution in [0, 0.1) is 0 Å². The minimum atomic E-state index is 0.0650. The van der Waals surface area contributed by atoms with Crippen LogP contribution in [0.1, 0.15) is 18.1 Å². The minimum Gasteiger partial charge on any atom is -0.396 e. The first-order chi connectivity index (χ1) is 6.36. The zero-order valence-corrected chi connectivity index (χ0v) is 7.79. The van der Waals surface area contributed by atoms with E-state index in [9.17, 15) is 0 Å². The molecule has 0 aliphatic carbocycles. The maximum Gasteiger partial charge on any atom is 0.226 e. The van der Waals surface area contributed by atoms with Crippen molar-refractivity contribution in [3.05, 3.63) is 11.7 Å². The topological polar surface area (TPSA) is 71.2 Å². The van der Waals surface area contributed by atoms with E-state index < -0.39 is 0 Å². The summed E-state index contributed by atoms with van der Waals surface area (Å²) in [5.41, 5.74) is 0. The van der Waals surface area contributed by atoms with Gasteiger partial charge in [-0.2, -0.15) is 4.98 Å². The fraction of sp³-hybridized carbons (Fsp3) is 0.750. The molecule has 0 aliphatic rings. The van der Waals surface area contributed by atoms with Crippen LogP contribution in [0.5, 0.6) is 0 Å². The summed E-state index contributed by atoms with van der Waals surface area (Å²) in [5, 5.41) is 15.4. The van der Waals surface area contributed by atoms with Gasteiger partial charge in [0.15, 0.2) is 5.82 Å². The number of aliphatic hydroxyl groups is 1. The van der Waals surface area contributed by atoms with Crippen LogP contribution in [0.15, 0.2) is 4.52 Å². The Balaban J connectivity index is 2.31. The molecule has 1 rings (SSSR count). The van der Waals surface area contributed by atoms with Gasteiger partial charge in [-0.1, -0.05) is 5.16 Å². The average Bonchev–Trinajstić information content (AvgIpc) is 2.54. The molecule has 1 heterocycles. The van der Waals surface area contributed by atoms with E-state index in [-0.39, 0.29) is 6.61 Å². The number of hydrogen-bond donors (Lipinski definition) is 2. The van der Waals surface area contributed by atoms with Crippen LogP contribution < -0.4 is 5.32 Å². The highest BCUT2D eigenvalue weighted by molar-refractivity contribution is 4.86. The molecule has 0 aliphatic heterocycles. The Labute approximate surface area is 77.2 Å². The van der Waals surface area contributed by atoms with Gasteiger partial charge in [0.25, 0.3) is 0 Å². The van der Waals surface area contributed by atoms with E-state index >= 15 is 0 Å². The molecule has 1 aromatic heterocycles. The molecule has 74 valence electrons. The van der Waals surface area contributed by atoms with E-state index in [0.717, 1.165) is 19.4 Å². The number of nitrogens with one attached hydrogen (secondary N) is 1. The van der Waals surface area contributed by atoms with Crippen LogP contribution in [0.4, 0.5) is 0 Å². The summed E-state index contributed by atoms with van der Waals surface area (Å²) >= 11 is 0. The largest absolute Gasteiger partial charge is 0.396 e. The van der Waals surface area contributed by atoms with E-state index in [1.807, 2.05) is 7.05 Å². The number of hydrogen-bond acceptors (Lipinski definition) is 5. The highest BCUT2D eigenvalue weighted by Gasteiger charge is 2.04. The van der Waals surface area contributed by atoms with Crippen LogP contribution in [0.2, 0.25) is 0 Å². The lowest BCUT2D eigenvalue weighted by molar-refractivity contribution is 0.292. The van der Waals surface area contributed by atoms with Gasteiger partial charge in [-0.05, 0) is 20.0 Å². The summed E-state index contributed by atoms with van der Waals surface area (Å²) < 4.78 is 4.96. The molecular weight excluding hydrogens is 170 g/mol. The van der Waals surface area contributed by atoms with Gasteiger partial charge in [-0.3, -0.25) is 0 Å². The van der Waals surface area contributed by atoms with Gasteiger partial charge in [0.1, 0.15) is 0 Å². The molecular formula is C8H15N3O2. The maximum absolute atomic E-state index is 8.61. The van der Waals surface area contributed by atoms with Crippen molar-refractivity contribution in [2.24, 2.45) is 0 Å². The lowest BCUT2D eigenvalue weighted by atomic mass is 10.3. The molecule has 0 fully saturated rings. The monoisotopic (exact) mass is 185 g/mol. The Hall–Kier alpha value is -0.940. The van der Waals surface area contributed by atoms with E-state index in [2.05, 4.69) is 15.5 Å². The molecule has 0 bridgehead atoms. The molecule has 0 saturated carbocycles. The summed E-state index contributed by atoms with van der Waals surface area (Å²) in [7, 11) is 1.91. The summed E-state index contributed by atoms with van der Waals surface area (Å²) in [4.78, 5) is 4.11. The van der Waals surface area contributed by atoms with E-state index in [0.29, 0.717) is 18.1 Å². The Kier molecular flexibility index (Phi) is 4.42. The number of aliphatic hydroxyl groups excluding tert-OH is 1. The van der Waals surface area contributed by atoms with Crippen LogP contribution in [0.3, 0.4) is 0 Å². The molecule has 5 heteroatoms. The number of nitrogens with zero attached hydrogens (tertiary/aromatic N) is 2. The van der Waals surface area contributed by atoms with Crippen LogP contribution in [0.25, 0.3) is 0 Å². The molecule has 0 unspecified atom stereocenters. The van der Waals surface area contributed by atoms with Crippen molar-refractivity contribution in [3.8, 4) is 0 Å². The second-order valence-electron chi connectivity index (χ2n) is 2.79. The third kappa shape index (κ3) is 3.52. The Morgan fingerprint density at radius 1 is 1.46 bits per heavy atom. The van der Waals surface area contributed by atoms with Crippen molar-refractivity contribution in [1.29, 1.82) is 0 Å². The third-order valence-corrected chi connectivity index (χ3v) is 1.66. The van der Waals surface area contributed by atoms with Crippen molar-refractivity contribution < 1.29 is 9.63 Å². The number of aromatic nitrogens is 2. The van der Waals surface area contributed by atoms with Gasteiger partial charge in [0, 0.05) is 12.8 Å². The molecule has 0 spiro atoms. The normalized spacial score (nSPS) is 10.6. The summed E-state index contributed by atoms with van der Waals surface area (Å²) in [5.74, 6) is 1.24. The quantitative estimate of drug-likeness (QED) is 0.598. The second-order valence-corrected chi connectivity index (χ2v) is 2.79. The highest BCUT2D eigenvalue weighted by atomic mass is 16.5. The molecule has 0 amide bonds. The van der Waals surface area contributed by atoms with Crippen molar-refractivity contribution in [2.75, 3.05) is 20.2 Å². The van der Waals surface area contributed by atoms with Gasteiger partial charge < -0.3 is 14.9 Å². The first-order valence-corrected chi connectivity index (χ1v) is 4.43. The Morgan fingerprint density at radius 2 is 2.31 bits per heavy atom. The molecule has 5 nitrogen and oxygen atoms in total. The number of rotatable bonds is 6. The van der Waals surface area contributed by atoms with Gasteiger partial charge in [-0.25, -0.2) is 0 Å². The average molecular weight is 185 g/mol. The zero-order valence-electron chi connectivity index (χ0n) is 7.79. The molecule has 0 aromatic carbocycles. The summed E-state index contributed by atoms with van der Waals surface area (Å²) in [6.45, 7) is 1.01. The molecule has 0 atom stereocenters. The van der Waals surface area contributed by atoms with Crippen LogP contribution >= 0.6 is 0 Å². The van der Waals surface area contributed by atoms with Gasteiger partial charge in [0.05, 0.1) is 6.61 Å². The zero-order chi connectivity index (χ0) is 9.52. The van der Waals surface area contributed by atoms with E-state index in [1.54, 1.807) is 0 Å². The standard InChI is InChI=1S/C8H15N3O2/c1-9-5-2-3-8-10-7(4-6-12)11-13-8/h9,12H,2-6H2,1H3. The maximum atomic E-state index is 8.61. The molecule has 2 N–H and O–H groups in total. The van der Waals surface area contributed by atoms with Gasteiger partial charge in [-0.15, -0.1) is 0 Å². The minimum absolute atomic E-state index is 0.0650. The Morgan fingerprint density at radius 3 is 3.00 bits per heavy atom.